The Morgan fingerprint density at radius 1 is 0.370 bits per heavy atom. The van der Waals surface area contributed by atoms with E-state index in [1.807, 2.05) is 11.3 Å². The van der Waals surface area contributed by atoms with E-state index in [0.717, 1.165) is 33.0 Å². The van der Waals surface area contributed by atoms with Crippen molar-refractivity contribution in [3.63, 3.8) is 0 Å². The van der Waals surface area contributed by atoms with Crippen LogP contribution in [0.1, 0.15) is 25.0 Å². The van der Waals surface area contributed by atoms with Gasteiger partial charge in [-0.2, -0.15) is 0 Å². The van der Waals surface area contributed by atoms with Gasteiger partial charge in [0, 0.05) is 42.3 Å². The van der Waals surface area contributed by atoms with Crippen molar-refractivity contribution >= 4 is 53.1 Å². The van der Waals surface area contributed by atoms with Gasteiger partial charge in [-0.15, -0.1) is 11.3 Å². The van der Waals surface area contributed by atoms with Gasteiger partial charge in [-0.05, 0) is 85.3 Å². The van der Waals surface area contributed by atoms with E-state index in [4.69, 9.17) is 15.0 Å². The highest BCUT2D eigenvalue weighted by molar-refractivity contribution is 7.25. The Kier molecular flexibility index (Phi) is 6.77. The Labute approximate surface area is 317 Å². The summed E-state index contributed by atoms with van der Waals surface area (Å²) in [5.74, 6) is 1.99. The highest BCUT2D eigenvalue weighted by atomic mass is 32.1. The second kappa shape index (κ2) is 11.8. The van der Waals surface area contributed by atoms with E-state index in [1.54, 1.807) is 0 Å². The van der Waals surface area contributed by atoms with Crippen molar-refractivity contribution in [1.82, 2.24) is 15.0 Å². The van der Waals surface area contributed by atoms with Crippen molar-refractivity contribution in [2.24, 2.45) is 0 Å². The largest absolute Gasteiger partial charge is 0.208 e. The van der Waals surface area contributed by atoms with Gasteiger partial charge in [0.2, 0.25) is 0 Å². The molecular formula is C50H33N3S. The summed E-state index contributed by atoms with van der Waals surface area (Å²) in [7, 11) is 0. The van der Waals surface area contributed by atoms with Gasteiger partial charge in [-0.3, -0.25) is 0 Å². The van der Waals surface area contributed by atoms with Gasteiger partial charge in [0.15, 0.2) is 17.5 Å². The maximum absolute atomic E-state index is 5.18. The molecule has 1 aliphatic rings. The molecule has 1 aliphatic carbocycles. The molecule has 0 atom stereocenters. The number of benzene rings is 8. The van der Waals surface area contributed by atoms with Crippen LogP contribution in [0.2, 0.25) is 0 Å². The molecule has 0 saturated heterocycles. The van der Waals surface area contributed by atoms with Gasteiger partial charge in [0.25, 0.3) is 0 Å². The average Bonchev–Trinajstić information content (AvgIpc) is 3.69. The van der Waals surface area contributed by atoms with E-state index in [1.165, 1.54) is 58.8 Å². The molecule has 0 N–H and O–H groups in total. The third kappa shape index (κ3) is 4.84. The number of hydrogen-bond acceptors (Lipinski definition) is 4. The molecule has 2 aromatic heterocycles. The molecule has 3 nitrogen and oxygen atoms in total. The van der Waals surface area contributed by atoms with Crippen LogP contribution in [0, 0.1) is 0 Å². The zero-order valence-corrected chi connectivity index (χ0v) is 30.7. The predicted octanol–water partition coefficient (Wildman–Crippen LogP) is 13.5. The number of aromatic nitrogens is 3. The molecule has 0 saturated carbocycles. The summed E-state index contributed by atoms with van der Waals surface area (Å²) < 4.78 is 2.62. The summed E-state index contributed by atoms with van der Waals surface area (Å²) >= 11 is 1.86. The lowest BCUT2D eigenvalue weighted by molar-refractivity contribution is 0.660. The van der Waals surface area contributed by atoms with Crippen LogP contribution in [0.5, 0.6) is 0 Å². The van der Waals surface area contributed by atoms with Crippen LogP contribution in [0.15, 0.2) is 164 Å². The molecule has 4 heteroatoms. The van der Waals surface area contributed by atoms with Crippen LogP contribution in [0.4, 0.5) is 0 Å². The van der Waals surface area contributed by atoms with Crippen LogP contribution in [0.25, 0.3) is 98.1 Å². The minimum Gasteiger partial charge on any atom is -0.208 e. The first-order valence-electron chi connectivity index (χ1n) is 18.4. The Morgan fingerprint density at radius 3 is 1.81 bits per heavy atom. The van der Waals surface area contributed by atoms with E-state index in [9.17, 15) is 0 Å². The summed E-state index contributed by atoms with van der Waals surface area (Å²) in [6, 6.07) is 59.0. The van der Waals surface area contributed by atoms with E-state index in [0.29, 0.717) is 17.5 Å². The van der Waals surface area contributed by atoms with Crippen LogP contribution in [0.3, 0.4) is 0 Å². The second-order valence-electron chi connectivity index (χ2n) is 14.8. The van der Waals surface area contributed by atoms with E-state index >= 15 is 0 Å². The number of rotatable bonds is 4. The van der Waals surface area contributed by atoms with Gasteiger partial charge in [0.05, 0.1) is 0 Å². The fourth-order valence-electron chi connectivity index (χ4n) is 8.47. The Balaban J connectivity index is 1.03. The van der Waals surface area contributed by atoms with E-state index < -0.39 is 0 Å². The molecule has 0 fully saturated rings. The molecule has 0 spiro atoms. The summed E-state index contributed by atoms with van der Waals surface area (Å²) in [6.07, 6.45) is 0. The smallest absolute Gasteiger partial charge is 0.164 e. The van der Waals surface area contributed by atoms with Crippen molar-refractivity contribution in [3.05, 3.63) is 175 Å². The van der Waals surface area contributed by atoms with E-state index in [2.05, 4.69) is 178 Å². The molecule has 0 bridgehead atoms. The molecule has 11 rings (SSSR count). The van der Waals surface area contributed by atoms with Crippen molar-refractivity contribution in [2.45, 2.75) is 19.3 Å². The number of nitrogens with zero attached hydrogens (tertiary/aromatic N) is 3. The quantitative estimate of drug-likeness (QED) is 0.183. The lowest BCUT2D eigenvalue weighted by Gasteiger charge is -2.21. The summed E-state index contributed by atoms with van der Waals surface area (Å²) in [5.41, 5.74) is 10.4. The van der Waals surface area contributed by atoms with Crippen LogP contribution >= 0.6 is 11.3 Å². The maximum atomic E-state index is 5.18. The lowest BCUT2D eigenvalue weighted by Crippen LogP contribution is -2.15. The molecule has 0 unspecified atom stereocenters. The Hall–Kier alpha value is -6.49. The zero-order valence-electron chi connectivity index (χ0n) is 29.8. The third-order valence-corrected chi connectivity index (χ3v) is 12.5. The Morgan fingerprint density at radius 2 is 0.963 bits per heavy atom. The van der Waals surface area contributed by atoms with Gasteiger partial charge in [-0.1, -0.05) is 147 Å². The molecular weight excluding hydrogens is 675 g/mol. The highest BCUT2D eigenvalue weighted by Gasteiger charge is 2.35. The van der Waals surface area contributed by atoms with Crippen LogP contribution in [-0.4, -0.2) is 15.0 Å². The molecule has 0 radical (unpaired) electrons. The number of fused-ring (bicyclic) bond motifs is 8. The first-order chi connectivity index (χ1) is 26.5. The first-order valence-corrected chi connectivity index (χ1v) is 19.2. The first kappa shape index (κ1) is 31.1. The van der Waals surface area contributed by atoms with E-state index in [-0.39, 0.29) is 5.41 Å². The van der Waals surface area contributed by atoms with Gasteiger partial charge in [0.1, 0.15) is 0 Å². The molecule has 254 valence electrons. The fraction of sp³-hybridized carbons (Fsp3) is 0.0600. The van der Waals surface area contributed by atoms with Crippen LogP contribution < -0.4 is 0 Å². The lowest BCUT2D eigenvalue weighted by atomic mass is 9.82. The Bertz CT molecular complexity index is 3130. The molecule has 0 aliphatic heterocycles. The third-order valence-electron chi connectivity index (χ3n) is 11.3. The summed E-state index contributed by atoms with van der Waals surface area (Å²) in [6.45, 7) is 4.62. The highest BCUT2D eigenvalue weighted by Crippen LogP contribution is 2.49. The standard InChI is InChI=1S/C50H33N3S/c1-50(2)43-17-8-7-15-38(43)39-24-22-36(28-44(39)50)48-51-47(52-49(53-48)40-16-9-13-31-10-5-6-14-37(31)40)32-20-18-30(19-21-32)35-23-25-45-41(27-35)42-26-33-11-3-4-12-34(33)29-46(42)54-45/h3-29H,1-2H3. The zero-order chi connectivity index (χ0) is 36.0. The SMILES string of the molecule is CC1(C)c2ccccc2-c2ccc(-c3nc(-c4ccc(-c5ccc6sc7cc8ccccc8cc7c6c5)cc4)nc(-c4cccc5ccccc45)n3)cc21. The normalized spacial score (nSPS) is 13.1. The number of thiophene rings is 1. The minimum absolute atomic E-state index is 0.127. The molecule has 8 aromatic carbocycles. The predicted molar refractivity (Wildman–Crippen MR) is 227 cm³/mol. The monoisotopic (exact) mass is 707 g/mol. The topological polar surface area (TPSA) is 38.7 Å². The maximum Gasteiger partial charge on any atom is 0.164 e. The van der Waals surface area contributed by atoms with Crippen LogP contribution in [-0.2, 0) is 5.41 Å². The van der Waals surface area contributed by atoms with Crippen molar-refractivity contribution in [3.8, 4) is 56.4 Å². The molecule has 0 amide bonds. The molecule has 2 heterocycles. The minimum atomic E-state index is -0.127. The van der Waals surface area contributed by atoms with Crippen molar-refractivity contribution in [1.29, 1.82) is 0 Å². The number of hydrogen-bond donors (Lipinski definition) is 0. The summed E-state index contributed by atoms with van der Waals surface area (Å²) in [5, 5.41) is 7.43. The average molecular weight is 708 g/mol. The van der Waals surface area contributed by atoms with Crippen molar-refractivity contribution in [2.75, 3.05) is 0 Å². The summed E-state index contributed by atoms with van der Waals surface area (Å²) in [4.78, 5) is 15.5. The van der Waals surface area contributed by atoms with Gasteiger partial charge >= 0.3 is 0 Å². The fourth-order valence-corrected chi connectivity index (χ4v) is 9.59. The molecule has 10 aromatic rings. The van der Waals surface area contributed by atoms with Gasteiger partial charge < -0.3 is 0 Å². The second-order valence-corrected chi connectivity index (χ2v) is 15.9. The van der Waals surface area contributed by atoms with Crippen molar-refractivity contribution < 1.29 is 0 Å². The molecule has 54 heavy (non-hydrogen) atoms. The van der Waals surface area contributed by atoms with Gasteiger partial charge in [-0.25, -0.2) is 15.0 Å².